The number of ether oxygens (including phenoxy) is 1. The molecule has 0 aliphatic heterocycles. The fourth-order valence-corrected chi connectivity index (χ4v) is 1.44. The van der Waals surface area contributed by atoms with Crippen molar-refractivity contribution >= 4 is 18.4 Å². The molecule has 0 saturated carbocycles. The number of methoxy groups -OCH3 is 1. The van der Waals surface area contributed by atoms with Gasteiger partial charge in [-0.3, -0.25) is 4.79 Å². The summed E-state index contributed by atoms with van der Waals surface area (Å²) in [5.74, 6) is -0.330. The summed E-state index contributed by atoms with van der Waals surface area (Å²) in [4.78, 5) is 11.0. The van der Waals surface area contributed by atoms with Crippen molar-refractivity contribution in [1.82, 2.24) is 0 Å². The molecule has 4 heteroatoms. The van der Waals surface area contributed by atoms with Crippen LogP contribution in [0.4, 0.5) is 0 Å². The van der Waals surface area contributed by atoms with E-state index in [4.69, 9.17) is 5.73 Å². The summed E-state index contributed by atoms with van der Waals surface area (Å²) < 4.78 is 4.55. The lowest BCUT2D eigenvalue weighted by molar-refractivity contribution is -0.142. The summed E-state index contributed by atoms with van der Waals surface area (Å²) >= 11 is 0. The molecule has 0 aliphatic carbocycles. The number of esters is 1. The highest BCUT2D eigenvalue weighted by molar-refractivity contribution is 5.85. The maximum absolute atomic E-state index is 11.0. The number of halogens is 1. The van der Waals surface area contributed by atoms with Crippen molar-refractivity contribution in [3.8, 4) is 0 Å². The second kappa shape index (κ2) is 8.13. The van der Waals surface area contributed by atoms with Crippen LogP contribution in [0, 0.1) is 0 Å². The van der Waals surface area contributed by atoms with Gasteiger partial charge in [0.25, 0.3) is 0 Å². The molecular formula is C12H18ClNO2. The number of hydrogen-bond acceptors (Lipinski definition) is 3. The molecule has 3 nitrogen and oxygen atoms in total. The van der Waals surface area contributed by atoms with Crippen LogP contribution in [0.5, 0.6) is 0 Å². The van der Waals surface area contributed by atoms with Gasteiger partial charge in [0, 0.05) is 0 Å². The minimum atomic E-state index is -0.487. The number of carbonyl (C=O) groups is 1. The fraction of sp³-hybridized carbons (Fsp3) is 0.417. The molecule has 0 radical (unpaired) electrons. The predicted molar refractivity (Wildman–Crippen MR) is 66.6 cm³/mol. The van der Waals surface area contributed by atoms with Crippen LogP contribution in [0.1, 0.15) is 18.4 Å². The molecule has 90 valence electrons. The van der Waals surface area contributed by atoms with E-state index in [0.29, 0.717) is 6.42 Å². The Morgan fingerprint density at radius 2 is 2.00 bits per heavy atom. The average Bonchev–Trinajstić information content (AvgIpc) is 2.29. The van der Waals surface area contributed by atoms with E-state index < -0.39 is 6.04 Å². The van der Waals surface area contributed by atoms with Gasteiger partial charge < -0.3 is 10.5 Å². The van der Waals surface area contributed by atoms with E-state index in [1.54, 1.807) is 0 Å². The van der Waals surface area contributed by atoms with Crippen molar-refractivity contribution in [2.24, 2.45) is 5.73 Å². The minimum Gasteiger partial charge on any atom is -0.468 e. The van der Waals surface area contributed by atoms with Gasteiger partial charge in [0.05, 0.1) is 7.11 Å². The third kappa shape index (κ3) is 5.14. The first-order chi connectivity index (χ1) is 7.24. The molecule has 0 aliphatic rings. The van der Waals surface area contributed by atoms with Crippen LogP contribution in [-0.4, -0.2) is 19.1 Å². The zero-order valence-electron chi connectivity index (χ0n) is 9.39. The van der Waals surface area contributed by atoms with Crippen LogP contribution in [0.2, 0.25) is 0 Å². The Kier molecular flexibility index (Phi) is 7.60. The third-order valence-corrected chi connectivity index (χ3v) is 2.33. The molecule has 0 heterocycles. The third-order valence-electron chi connectivity index (χ3n) is 2.33. The summed E-state index contributed by atoms with van der Waals surface area (Å²) in [7, 11) is 1.36. The van der Waals surface area contributed by atoms with Gasteiger partial charge in [0.15, 0.2) is 0 Å². The number of carbonyl (C=O) groups excluding carboxylic acids is 1. The minimum absolute atomic E-state index is 0. The van der Waals surface area contributed by atoms with E-state index in [1.807, 2.05) is 18.2 Å². The van der Waals surface area contributed by atoms with Crippen molar-refractivity contribution in [1.29, 1.82) is 0 Å². The summed E-state index contributed by atoms with van der Waals surface area (Å²) in [6.45, 7) is 0. The molecule has 0 spiro atoms. The van der Waals surface area contributed by atoms with Gasteiger partial charge in [-0.15, -0.1) is 12.4 Å². The highest BCUT2D eigenvalue weighted by Gasteiger charge is 2.12. The lowest BCUT2D eigenvalue weighted by atomic mass is 10.1. The quantitative estimate of drug-likeness (QED) is 0.804. The second-order valence-electron chi connectivity index (χ2n) is 3.51. The molecule has 0 fully saturated rings. The van der Waals surface area contributed by atoms with Gasteiger partial charge in [-0.25, -0.2) is 0 Å². The number of aryl methyl sites for hydroxylation is 1. The molecule has 0 saturated heterocycles. The number of benzene rings is 1. The summed E-state index contributed by atoms with van der Waals surface area (Å²) in [5.41, 5.74) is 6.89. The van der Waals surface area contributed by atoms with Gasteiger partial charge >= 0.3 is 5.97 Å². The number of nitrogens with two attached hydrogens (primary N) is 1. The van der Waals surface area contributed by atoms with Gasteiger partial charge in [-0.05, 0) is 24.8 Å². The molecule has 16 heavy (non-hydrogen) atoms. The first-order valence-corrected chi connectivity index (χ1v) is 5.11. The maximum atomic E-state index is 11.0. The van der Waals surface area contributed by atoms with E-state index in [1.165, 1.54) is 12.7 Å². The molecule has 1 atom stereocenters. The average molecular weight is 244 g/mol. The predicted octanol–water partition coefficient (Wildman–Crippen LogP) is 1.93. The van der Waals surface area contributed by atoms with Crippen LogP contribution in [0.3, 0.4) is 0 Å². The van der Waals surface area contributed by atoms with Crippen molar-refractivity contribution < 1.29 is 9.53 Å². The van der Waals surface area contributed by atoms with Gasteiger partial charge in [0.1, 0.15) is 6.04 Å². The maximum Gasteiger partial charge on any atom is 0.322 e. The smallest absolute Gasteiger partial charge is 0.322 e. The Morgan fingerprint density at radius 1 is 1.38 bits per heavy atom. The molecule has 1 aromatic carbocycles. The zero-order chi connectivity index (χ0) is 11.1. The van der Waals surface area contributed by atoms with E-state index in [0.717, 1.165) is 12.8 Å². The van der Waals surface area contributed by atoms with Crippen molar-refractivity contribution in [2.45, 2.75) is 25.3 Å². The van der Waals surface area contributed by atoms with Crippen molar-refractivity contribution in [3.63, 3.8) is 0 Å². The Bertz CT molecular complexity index is 303. The van der Waals surface area contributed by atoms with Gasteiger partial charge in [-0.2, -0.15) is 0 Å². The normalized spacial score (nSPS) is 11.4. The second-order valence-corrected chi connectivity index (χ2v) is 3.51. The molecule has 1 aromatic rings. The Morgan fingerprint density at radius 3 is 2.56 bits per heavy atom. The highest BCUT2D eigenvalue weighted by Crippen LogP contribution is 2.06. The van der Waals surface area contributed by atoms with Crippen LogP contribution >= 0.6 is 12.4 Å². The standard InChI is InChI=1S/C12H17NO2.ClH/c1-15-12(14)11(13)9-5-8-10-6-3-2-4-7-10;/h2-4,6-7,11H,5,8-9,13H2,1H3;1H/t11-;/m0./s1. The molecule has 1 rings (SSSR count). The number of hydrogen-bond donors (Lipinski definition) is 1. The molecular weight excluding hydrogens is 226 g/mol. The van der Waals surface area contributed by atoms with Crippen LogP contribution in [0.15, 0.2) is 30.3 Å². The van der Waals surface area contributed by atoms with Crippen molar-refractivity contribution in [2.75, 3.05) is 7.11 Å². The van der Waals surface area contributed by atoms with E-state index in [9.17, 15) is 4.79 Å². The summed E-state index contributed by atoms with van der Waals surface area (Å²) in [5, 5.41) is 0. The molecule has 0 amide bonds. The number of rotatable bonds is 5. The highest BCUT2D eigenvalue weighted by atomic mass is 35.5. The topological polar surface area (TPSA) is 52.3 Å². The van der Waals surface area contributed by atoms with Crippen LogP contribution < -0.4 is 5.73 Å². The molecule has 2 N–H and O–H groups in total. The first kappa shape index (κ1) is 14.9. The fourth-order valence-electron chi connectivity index (χ4n) is 1.44. The monoisotopic (exact) mass is 243 g/mol. The van der Waals surface area contributed by atoms with Crippen molar-refractivity contribution in [3.05, 3.63) is 35.9 Å². The van der Waals surface area contributed by atoms with Crippen LogP contribution in [-0.2, 0) is 16.0 Å². The lowest BCUT2D eigenvalue weighted by Crippen LogP contribution is -2.31. The Balaban J connectivity index is 0.00000225. The summed E-state index contributed by atoms with van der Waals surface area (Å²) in [6, 6.07) is 9.67. The largest absolute Gasteiger partial charge is 0.468 e. The SMILES string of the molecule is COC(=O)[C@@H](N)CCCc1ccccc1.Cl. The van der Waals surface area contributed by atoms with Gasteiger partial charge in [0.2, 0.25) is 0 Å². The van der Waals surface area contributed by atoms with Crippen LogP contribution in [0.25, 0.3) is 0 Å². The van der Waals surface area contributed by atoms with E-state index in [-0.39, 0.29) is 18.4 Å². The molecule has 0 aromatic heterocycles. The van der Waals surface area contributed by atoms with E-state index in [2.05, 4.69) is 16.9 Å². The van der Waals surface area contributed by atoms with E-state index >= 15 is 0 Å². The Labute approximate surface area is 102 Å². The Hall–Kier alpha value is -1.06. The summed E-state index contributed by atoms with van der Waals surface area (Å²) in [6.07, 6.45) is 2.52. The lowest BCUT2D eigenvalue weighted by Gasteiger charge is -2.08. The molecule has 0 unspecified atom stereocenters. The zero-order valence-corrected chi connectivity index (χ0v) is 10.2. The van der Waals surface area contributed by atoms with Gasteiger partial charge in [-0.1, -0.05) is 30.3 Å². The molecule has 0 bridgehead atoms. The first-order valence-electron chi connectivity index (χ1n) is 5.11.